The predicted molar refractivity (Wildman–Crippen MR) is 176 cm³/mol. The first-order valence-electron chi connectivity index (χ1n) is 14.2. The quantitative estimate of drug-likeness (QED) is 0.0377. The van der Waals surface area contributed by atoms with E-state index in [1.807, 2.05) is 55.5 Å². The number of Topliss-reactive ketones (excluding diaryl/α,β-unsaturated/α-hetero) is 1. The summed E-state index contributed by atoms with van der Waals surface area (Å²) in [6.45, 7) is 3.62. The summed E-state index contributed by atoms with van der Waals surface area (Å²) in [6, 6.07) is 22.3. The average Bonchev–Trinajstić information content (AvgIpc) is 3.74. The van der Waals surface area contributed by atoms with Crippen molar-refractivity contribution in [3.8, 4) is 0 Å². The van der Waals surface area contributed by atoms with Crippen LogP contribution in [0.2, 0.25) is 0 Å². The number of aryl methyl sites for hydroxylation is 2. The molecule has 1 fully saturated rings. The average molecular weight is 649 g/mol. The highest BCUT2D eigenvalue weighted by atomic mass is 32.2. The number of hydrogen-bond acceptors (Lipinski definition) is 10. The molecule has 0 saturated carbocycles. The van der Waals surface area contributed by atoms with Crippen molar-refractivity contribution in [3.05, 3.63) is 129 Å². The van der Waals surface area contributed by atoms with Crippen molar-refractivity contribution in [2.45, 2.75) is 30.0 Å². The number of aromatic nitrogens is 4. The Hall–Kier alpha value is -5.40. The van der Waals surface area contributed by atoms with Gasteiger partial charge in [-0.1, -0.05) is 83.8 Å². The van der Waals surface area contributed by atoms with Crippen LogP contribution in [-0.2, 0) is 15.3 Å². The fraction of sp³-hybridized carbons (Fsp3) is 0.121. The molecule has 11 nitrogen and oxygen atoms in total. The van der Waals surface area contributed by atoms with E-state index in [9.17, 15) is 24.8 Å². The van der Waals surface area contributed by atoms with Gasteiger partial charge in [0.1, 0.15) is 11.3 Å². The number of aliphatic hydroxyl groups excluding tert-OH is 1. The van der Waals surface area contributed by atoms with E-state index in [0.717, 1.165) is 38.1 Å². The minimum atomic E-state index is -1.21. The van der Waals surface area contributed by atoms with Crippen molar-refractivity contribution in [1.29, 1.82) is 0 Å². The number of rotatable bonds is 7. The Kier molecular flexibility index (Phi) is 7.34. The minimum Gasteiger partial charge on any atom is -0.505 e. The van der Waals surface area contributed by atoms with Crippen LogP contribution in [-0.4, -0.2) is 41.3 Å². The molecule has 0 radical (unpaired) electrons. The smallest absolute Gasteiger partial charge is 0.301 e. The molecule has 1 saturated heterocycles. The standard InChI is InChI=1S/C33H24N6O5S2/c1-18-8-7-15-37-19(2)26(34-30(18)37)28(40)25-27(21-11-6-13-23(16-21)39(43)44)38(31(42)29(25)41)32-35-36-33(46-32)45-17-22-12-5-10-20-9-3-4-14-24(20)22/h3-16,27,40H,17H2,1-2H3. The molecular formula is C33H24N6O5S2. The predicted octanol–water partition coefficient (Wildman–Crippen LogP) is 6.78. The molecule has 13 heteroatoms. The fourth-order valence-corrected chi connectivity index (χ4v) is 7.62. The molecular weight excluding hydrogens is 625 g/mol. The topological polar surface area (TPSA) is 144 Å². The maximum atomic E-state index is 13.7. The second-order valence-electron chi connectivity index (χ2n) is 10.7. The molecule has 1 atom stereocenters. The number of pyridine rings is 1. The van der Waals surface area contributed by atoms with Gasteiger partial charge in [0, 0.05) is 24.1 Å². The van der Waals surface area contributed by atoms with Crippen molar-refractivity contribution in [2.24, 2.45) is 0 Å². The van der Waals surface area contributed by atoms with Crippen molar-refractivity contribution >= 4 is 67.8 Å². The van der Waals surface area contributed by atoms with E-state index in [-0.39, 0.29) is 27.6 Å². The van der Waals surface area contributed by atoms with Gasteiger partial charge in [0.2, 0.25) is 5.13 Å². The lowest BCUT2D eigenvalue weighted by atomic mass is 9.96. The first-order valence-corrected chi connectivity index (χ1v) is 16.0. The number of hydrogen-bond donors (Lipinski definition) is 1. The maximum absolute atomic E-state index is 13.7. The maximum Gasteiger partial charge on any atom is 0.301 e. The zero-order chi connectivity index (χ0) is 32.1. The number of nitro benzene ring substituents is 1. The van der Waals surface area contributed by atoms with Crippen molar-refractivity contribution in [3.63, 3.8) is 0 Å². The molecule has 4 heterocycles. The summed E-state index contributed by atoms with van der Waals surface area (Å²) < 4.78 is 2.35. The second-order valence-corrected chi connectivity index (χ2v) is 12.9. The van der Waals surface area contributed by atoms with Crippen LogP contribution in [0.4, 0.5) is 10.8 Å². The van der Waals surface area contributed by atoms with Gasteiger partial charge < -0.3 is 9.51 Å². The summed E-state index contributed by atoms with van der Waals surface area (Å²) in [6.07, 6.45) is 1.79. The highest BCUT2D eigenvalue weighted by Crippen LogP contribution is 2.45. The number of non-ortho nitro benzene ring substituents is 1. The third-order valence-electron chi connectivity index (χ3n) is 7.98. The van der Waals surface area contributed by atoms with E-state index < -0.39 is 28.4 Å². The Morgan fingerprint density at radius 1 is 1.02 bits per heavy atom. The number of nitro groups is 1. The summed E-state index contributed by atoms with van der Waals surface area (Å²) in [5, 5.41) is 34.3. The Balaban J connectivity index is 1.31. The number of anilines is 1. The molecule has 1 N–H and O–H groups in total. The van der Waals surface area contributed by atoms with Crippen molar-refractivity contribution in [2.75, 3.05) is 4.90 Å². The van der Waals surface area contributed by atoms with Crippen LogP contribution in [0.1, 0.15) is 34.1 Å². The lowest BCUT2D eigenvalue weighted by molar-refractivity contribution is -0.384. The van der Waals surface area contributed by atoms with Gasteiger partial charge in [0.25, 0.3) is 11.5 Å². The Morgan fingerprint density at radius 2 is 1.80 bits per heavy atom. The zero-order valence-electron chi connectivity index (χ0n) is 24.4. The van der Waals surface area contributed by atoms with Gasteiger partial charge in [-0.25, -0.2) is 4.98 Å². The molecule has 6 aromatic rings. The van der Waals surface area contributed by atoms with Crippen LogP contribution < -0.4 is 4.90 Å². The number of carbonyl (C=O) groups is 2. The van der Waals surface area contributed by atoms with E-state index in [1.165, 1.54) is 30.0 Å². The Morgan fingerprint density at radius 3 is 2.61 bits per heavy atom. The molecule has 0 aliphatic carbocycles. The Labute approximate surface area is 270 Å². The number of imidazole rings is 1. The van der Waals surface area contributed by atoms with Gasteiger partial charge in [-0.3, -0.25) is 24.6 Å². The van der Waals surface area contributed by atoms with Gasteiger partial charge in [0.15, 0.2) is 10.1 Å². The molecule has 1 aliphatic heterocycles. The minimum absolute atomic E-state index is 0.126. The molecule has 1 aliphatic rings. The van der Waals surface area contributed by atoms with Crippen molar-refractivity contribution < 1.29 is 19.6 Å². The first-order chi connectivity index (χ1) is 22.2. The summed E-state index contributed by atoms with van der Waals surface area (Å²) in [7, 11) is 0. The van der Waals surface area contributed by atoms with Crippen LogP contribution in [0.15, 0.2) is 95.0 Å². The highest BCUT2D eigenvalue weighted by molar-refractivity contribution is 8.00. The molecule has 46 heavy (non-hydrogen) atoms. The van der Waals surface area contributed by atoms with Crippen molar-refractivity contribution in [1.82, 2.24) is 19.6 Å². The van der Waals surface area contributed by atoms with Crippen LogP contribution in [0.3, 0.4) is 0 Å². The molecule has 7 rings (SSSR count). The molecule has 3 aromatic carbocycles. The molecule has 228 valence electrons. The van der Waals surface area contributed by atoms with Crippen LogP contribution in [0.5, 0.6) is 0 Å². The first kappa shape index (κ1) is 29.3. The number of amides is 1. The summed E-state index contributed by atoms with van der Waals surface area (Å²) >= 11 is 2.57. The van der Waals surface area contributed by atoms with Crippen LogP contribution in [0.25, 0.3) is 22.2 Å². The number of carbonyl (C=O) groups excluding carboxylic acids is 2. The number of benzene rings is 3. The molecule has 0 bridgehead atoms. The van der Waals surface area contributed by atoms with E-state index in [0.29, 0.717) is 21.4 Å². The number of aliphatic hydroxyl groups is 1. The Bertz CT molecular complexity index is 2250. The van der Waals surface area contributed by atoms with Gasteiger partial charge in [0.05, 0.1) is 22.2 Å². The lowest BCUT2D eigenvalue weighted by Gasteiger charge is -2.22. The number of ketones is 1. The summed E-state index contributed by atoms with van der Waals surface area (Å²) in [5.74, 6) is -1.77. The zero-order valence-corrected chi connectivity index (χ0v) is 26.1. The number of nitrogens with zero attached hydrogens (tertiary/aromatic N) is 6. The molecule has 1 unspecified atom stereocenters. The van der Waals surface area contributed by atoms with E-state index in [1.54, 1.807) is 23.6 Å². The SMILES string of the molecule is Cc1cccn2c(C)c(C(O)=C3C(=O)C(=O)N(c4nnc(SCc5cccc6ccccc56)s4)C3c3cccc([N+](=O)[O-])c3)nc12. The van der Waals surface area contributed by atoms with Crippen LogP contribution in [0, 0.1) is 24.0 Å². The summed E-state index contributed by atoms with van der Waals surface area (Å²) in [4.78, 5) is 44.3. The number of fused-ring (bicyclic) bond motifs is 2. The van der Waals surface area contributed by atoms with Gasteiger partial charge >= 0.3 is 5.91 Å². The third-order valence-corrected chi connectivity index (χ3v) is 10.1. The third kappa shape index (κ3) is 4.89. The van der Waals surface area contributed by atoms with E-state index >= 15 is 0 Å². The second kappa shape index (κ2) is 11.5. The van der Waals surface area contributed by atoms with Gasteiger partial charge in [-0.2, -0.15) is 0 Å². The molecule has 1 amide bonds. The highest BCUT2D eigenvalue weighted by Gasteiger charge is 2.49. The number of thioether (sulfide) groups is 1. The monoisotopic (exact) mass is 648 g/mol. The van der Waals surface area contributed by atoms with E-state index in [2.05, 4.69) is 21.2 Å². The summed E-state index contributed by atoms with van der Waals surface area (Å²) in [5.41, 5.74) is 3.01. The van der Waals surface area contributed by atoms with Gasteiger partial charge in [-0.15, -0.1) is 10.2 Å². The molecule has 0 spiro atoms. The normalized spacial score (nSPS) is 16.1. The van der Waals surface area contributed by atoms with E-state index in [4.69, 9.17) is 0 Å². The molecule has 3 aromatic heterocycles. The largest absolute Gasteiger partial charge is 0.505 e. The fourth-order valence-electron chi connectivity index (χ4n) is 5.74. The lowest BCUT2D eigenvalue weighted by Crippen LogP contribution is -2.29. The van der Waals surface area contributed by atoms with Crippen LogP contribution >= 0.6 is 23.1 Å². The van der Waals surface area contributed by atoms with Gasteiger partial charge in [-0.05, 0) is 47.4 Å².